The van der Waals surface area contributed by atoms with Crippen molar-refractivity contribution >= 4 is 46.0 Å². The first-order chi connectivity index (χ1) is 15.3. The molecule has 11 heteroatoms. The molecular formula is C21H26N4O5S2. The zero-order chi connectivity index (χ0) is 22.7. The summed E-state index contributed by atoms with van der Waals surface area (Å²) in [6.45, 7) is 4.91. The van der Waals surface area contributed by atoms with Crippen molar-refractivity contribution < 1.29 is 24.6 Å². The second-order valence-corrected chi connectivity index (χ2v) is 11.2. The number of nitrogens with one attached hydrogen (secondary N) is 1. The van der Waals surface area contributed by atoms with Gasteiger partial charge in [0.15, 0.2) is 5.13 Å². The summed E-state index contributed by atoms with van der Waals surface area (Å²) in [4.78, 5) is 45.3. The van der Waals surface area contributed by atoms with E-state index in [2.05, 4.69) is 15.2 Å². The van der Waals surface area contributed by atoms with Crippen LogP contribution in [0.4, 0.5) is 5.13 Å². The maximum absolute atomic E-state index is 12.5. The number of fused-ring (bicyclic) bond motifs is 1. The number of hydrogen-bond donors (Lipinski definition) is 3. The summed E-state index contributed by atoms with van der Waals surface area (Å²) in [6, 6.07) is -0.0168. The van der Waals surface area contributed by atoms with Gasteiger partial charge in [-0.05, 0) is 26.2 Å². The SMILES string of the molecule is C[C@@H](O)[C@H]1C(=O)N2C(C(=O)O)=C(SC3CN(c4nc(C(=O)NC5CCC5)cs4)C3)[C@H](C)[C@H]12. The van der Waals surface area contributed by atoms with Gasteiger partial charge in [-0.25, -0.2) is 9.78 Å². The van der Waals surface area contributed by atoms with Crippen LogP contribution < -0.4 is 10.2 Å². The van der Waals surface area contributed by atoms with E-state index in [0.717, 1.165) is 24.4 Å². The largest absolute Gasteiger partial charge is 0.477 e. The predicted octanol–water partition coefficient (Wildman–Crippen LogP) is 1.50. The summed E-state index contributed by atoms with van der Waals surface area (Å²) in [7, 11) is 0. The highest BCUT2D eigenvalue weighted by Gasteiger charge is 2.60. The molecule has 0 unspecified atom stereocenters. The Labute approximate surface area is 193 Å². The number of carboxylic acids is 1. The molecule has 32 heavy (non-hydrogen) atoms. The normalized spacial score (nSPS) is 28.7. The molecular weight excluding hydrogens is 452 g/mol. The van der Waals surface area contributed by atoms with Crippen LogP contribution in [-0.4, -0.2) is 74.4 Å². The molecule has 0 bridgehead atoms. The number of β-lactam (4-membered cyclic amide) rings is 1. The van der Waals surface area contributed by atoms with Gasteiger partial charge in [0, 0.05) is 40.6 Å². The van der Waals surface area contributed by atoms with Crippen LogP contribution in [0.25, 0.3) is 0 Å². The maximum Gasteiger partial charge on any atom is 0.353 e. The van der Waals surface area contributed by atoms with Crippen LogP contribution in [-0.2, 0) is 9.59 Å². The molecule has 0 aromatic carbocycles. The number of aliphatic hydroxyl groups excluding tert-OH is 1. The third-order valence-electron chi connectivity index (χ3n) is 6.89. The van der Waals surface area contributed by atoms with Crippen LogP contribution in [0.15, 0.2) is 16.0 Å². The monoisotopic (exact) mass is 478 g/mol. The third kappa shape index (κ3) is 3.41. The van der Waals surface area contributed by atoms with Gasteiger partial charge in [-0.1, -0.05) is 6.92 Å². The number of aromatic nitrogens is 1. The summed E-state index contributed by atoms with van der Waals surface area (Å²) in [5, 5.41) is 25.5. The Morgan fingerprint density at radius 3 is 2.66 bits per heavy atom. The molecule has 3 aliphatic heterocycles. The lowest BCUT2D eigenvalue weighted by molar-refractivity contribution is -0.163. The number of carbonyl (C=O) groups is 3. The maximum atomic E-state index is 12.5. The molecule has 1 aliphatic carbocycles. The van der Waals surface area contributed by atoms with Crippen molar-refractivity contribution in [2.75, 3.05) is 18.0 Å². The molecule has 1 aromatic heterocycles. The van der Waals surface area contributed by atoms with Crippen molar-refractivity contribution in [3.63, 3.8) is 0 Å². The molecule has 2 amide bonds. The zero-order valence-corrected chi connectivity index (χ0v) is 19.5. The van der Waals surface area contributed by atoms with Crippen molar-refractivity contribution in [1.29, 1.82) is 0 Å². The lowest BCUT2D eigenvalue weighted by atomic mass is 9.79. The number of anilines is 1. The molecule has 3 fully saturated rings. The number of hydrogen-bond acceptors (Lipinski definition) is 8. The number of thioether (sulfide) groups is 1. The summed E-state index contributed by atoms with van der Waals surface area (Å²) in [5.74, 6) is -2.20. The van der Waals surface area contributed by atoms with Crippen molar-refractivity contribution in [2.45, 2.75) is 56.5 Å². The standard InChI is InChI=1S/C21H26N4O5S2/c1-9-15-14(10(2)26)19(28)25(15)16(20(29)30)17(9)32-12-6-24(7-12)21-23-13(8-31-21)18(27)22-11-4-3-5-11/h8-12,14-15,26H,3-7H2,1-2H3,(H,22,27)(H,29,30)/t9-,10-,14-,15-/m1/s1. The Morgan fingerprint density at radius 1 is 1.34 bits per heavy atom. The first-order valence-electron chi connectivity index (χ1n) is 10.9. The molecule has 3 N–H and O–H groups in total. The fraction of sp³-hybridized carbons (Fsp3) is 0.619. The van der Waals surface area contributed by atoms with E-state index in [1.807, 2.05) is 6.92 Å². The van der Waals surface area contributed by atoms with E-state index in [9.17, 15) is 24.6 Å². The average molecular weight is 479 g/mol. The summed E-state index contributed by atoms with van der Waals surface area (Å²) < 4.78 is 0. The average Bonchev–Trinajstić information content (AvgIpc) is 3.23. The van der Waals surface area contributed by atoms with Gasteiger partial charge in [0.2, 0.25) is 5.91 Å². The zero-order valence-electron chi connectivity index (χ0n) is 17.9. The minimum atomic E-state index is -1.10. The number of thiazole rings is 1. The Morgan fingerprint density at radius 2 is 2.06 bits per heavy atom. The van der Waals surface area contributed by atoms with Gasteiger partial charge >= 0.3 is 5.97 Å². The van der Waals surface area contributed by atoms with Crippen LogP contribution >= 0.6 is 23.1 Å². The number of aliphatic hydroxyl groups is 1. The Kier molecular flexibility index (Phi) is 5.45. The predicted molar refractivity (Wildman–Crippen MR) is 120 cm³/mol. The van der Waals surface area contributed by atoms with Crippen LogP contribution in [0.5, 0.6) is 0 Å². The fourth-order valence-corrected chi connectivity index (χ4v) is 7.20. The Bertz CT molecular complexity index is 998. The molecule has 0 spiro atoms. The van der Waals surface area contributed by atoms with Gasteiger partial charge in [0.1, 0.15) is 11.4 Å². The summed E-state index contributed by atoms with van der Waals surface area (Å²) in [5.41, 5.74) is 0.511. The molecule has 4 aliphatic rings. The van der Waals surface area contributed by atoms with Crippen molar-refractivity contribution in [1.82, 2.24) is 15.2 Å². The van der Waals surface area contributed by atoms with E-state index in [4.69, 9.17) is 0 Å². The van der Waals surface area contributed by atoms with Crippen LogP contribution in [0.2, 0.25) is 0 Å². The lowest BCUT2D eigenvalue weighted by Crippen LogP contribution is -2.63. The van der Waals surface area contributed by atoms with E-state index >= 15 is 0 Å². The molecule has 9 nitrogen and oxygen atoms in total. The van der Waals surface area contributed by atoms with Gasteiger partial charge in [-0.15, -0.1) is 23.1 Å². The number of amides is 2. The quantitative estimate of drug-likeness (QED) is 0.504. The number of rotatable bonds is 7. The summed E-state index contributed by atoms with van der Waals surface area (Å²) >= 11 is 2.95. The topological polar surface area (TPSA) is 123 Å². The van der Waals surface area contributed by atoms with Crippen molar-refractivity contribution in [3.8, 4) is 0 Å². The molecule has 1 saturated carbocycles. The minimum Gasteiger partial charge on any atom is -0.477 e. The number of nitrogens with zero attached hydrogens (tertiary/aromatic N) is 3. The first kappa shape index (κ1) is 21.7. The van der Waals surface area contributed by atoms with Crippen LogP contribution in [0.3, 0.4) is 0 Å². The Balaban J connectivity index is 1.22. The number of carboxylic acid groups (broad SMARTS) is 1. The molecule has 0 radical (unpaired) electrons. The molecule has 4 heterocycles. The van der Waals surface area contributed by atoms with E-state index in [1.54, 1.807) is 12.3 Å². The fourth-order valence-electron chi connectivity index (χ4n) is 4.85. The molecule has 2 saturated heterocycles. The molecule has 5 rings (SSSR count). The Hall–Kier alpha value is -2.11. The lowest BCUT2D eigenvalue weighted by Gasteiger charge is -2.46. The number of carbonyl (C=O) groups excluding carboxylic acids is 2. The second kappa shape index (κ2) is 8.03. The van der Waals surface area contributed by atoms with Gasteiger partial charge in [0.05, 0.1) is 18.1 Å². The van der Waals surface area contributed by atoms with E-state index < -0.39 is 18.0 Å². The van der Waals surface area contributed by atoms with Crippen molar-refractivity contribution in [2.24, 2.45) is 11.8 Å². The van der Waals surface area contributed by atoms with Crippen LogP contribution in [0.1, 0.15) is 43.6 Å². The molecule has 1 aromatic rings. The highest BCUT2D eigenvalue weighted by Crippen LogP contribution is 2.52. The minimum absolute atomic E-state index is 0.0667. The van der Waals surface area contributed by atoms with Gasteiger partial charge < -0.3 is 25.3 Å². The van der Waals surface area contributed by atoms with E-state index in [0.29, 0.717) is 23.7 Å². The van der Waals surface area contributed by atoms with Gasteiger partial charge in [-0.2, -0.15) is 0 Å². The smallest absolute Gasteiger partial charge is 0.353 e. The van der Waals surface area contributed by atoms with Crippen molar-refractivity contribution in [3.05, 3.63) is 21.7 Å². The summed E-state index contributed by atoms with van der Waals surface area (Å²) in [6.07, 6.45) is 2.42. The molecule has 172 valence electrons. The number of aliphatic carboxylic acids is 1. The van der Waals surface area contributed by atoms with Crippen LogP contribution in [0, 0.1) is 11.8 Å². The third-order valence-corrected chi connectivity index (χ3v) is 9.24. The van der Waals surface area contributed by atoms with Gasteiger partial charge in [-0.3, -0.25) is 9.59 Å². The molecule has 4 atom stereocenters. The second-order valence-electron chi connectivity index (χ2n) is 9.03. The highest BCUT2D eigenvalue weighted by atomic mass is 32.2. The van der Waals surface area contributed by atoms with E-state index in [1.165, 1.54) is 28.0 Å². The van der Waals surface area contributed by atoms with E-state index in [-0.39, 0.29) is 40.8 Å². The van der Waals surface area contributed by atoms with Gasteiger partial charge in [0.25, 0.3) is 5.91 Å². The first-order valence-corrected chi connectivity index (χ1v) is 12.7. The highest BCUT2D eigenvalue weighted by molar-refractivity contribution is 8.03.